The highest BCUT2D eigenvalue weighted by Gasteiger charge is 2.31. The lowest BCUT2D eigenvalue weighted by Crippen LogP contribution is -2.47. The van der Waals surface area contributed by atoms with Crippen molar-refractivity contribution in [2.45, 2.75) is 18.4 Å². The number of amides is 1. The Morgan fingerprint density at radius 1 is 1.31 bits per heavy atom. The van der Waals surface area contributed by atoms with Crippen LogP contribution in [0.25, 0.3) is 0 Å². The van der Waals surface area contributed by atoms with Crippen molar-refractivity contribution in [2.75, 3.05) is 47.4 Å². The molecule has 0 aliphatic carbocycles. The Labute approximate surface area is 97.0 Å². The molecule has 1 aliphatic heterocycles. The number of hydrogen-bond acceptors (Lipinski definition) is 4. The average Bonchev–Trinajstić information content (AvgIpc) is 2.17. The summed E-state index contributed by atoms with van der Waals surface area (Å²) in [4.78, 5) is 14.9. The molecule has 0 aromatic rings. The Balaban J connectivity index is 2.37. The first kappa shape index (κ1) is 13.4. The number of carbonyl (C=O) groups excluding carboxylic acids is 1. The maximum absolute atomic E-state index is 11.5. The molecular weight excluding hydrogens is 208 g/mol. The number of carbonyl (C=O) groups is 1. The number of likely N-dealkylation sites (N-methyl/N-ethyl adjacent to an activating group) is 2. The van der Waals surface area contributed by atoms with E-state index in [0.717, 1.165) is 0 Å². The third-order valence-corrected chi connectivity index (χ3v) is 2.89. The van der Waals surface area contributed by atoms with Crippen molar-refractivity contribution in [1.82, 2.24) is 9.80 Å². The molecule has 1 rings (SSSR count). The van der Waals surface area contributed by atoms with Gasteiger partial charge in [0, 0.05) is 46.7 Å². The van der Waals surface area contributed by atoms with Gasteiger partial charge in [-0.1, -0.05) is 0 Å². The van der Waals surface area contributed by atoms with E-state index in [-0.39, 0.29) is 5.91 Å². The molecule has 1 N–H and O–H groups in total. The van der Waals surface area contributed by atoms with Crippen LogP contribution < -0.4 is 0 Å². The summed E-state index contributed by atoms with van der Waals surface area (Å²) in [6.07, 6.45) is 1.29. The van der Waals surface area contributed by atoms with Crippen LogP contribution in [0.4, 0.5) is 0 Å². The first-order valence-corrected chi connectivity index (χ1v) is 5.62. The molecule has 0 aromatic carbocycles. The molecule has 0 unspecified atom stereocenters. The molecule has 1 heterocycles. The van der Waals surface area contributed by atoms with E-state index < -0.39 is 5.60 Å². The van der Waals surface area contributed by atoms with Crippen molar-refractivity contribution < 1.29 is 14.6 Å². The Hall–Kier alpha value is -0.650. The molecule has 1 aliphatic rings. The van der Waals surface area contributed by atoms with Gasteiger partial charge < -0.3 is 14.7 Å². The fraction of sp³-hybridized carbons (Fsp3) is 0.909. The predicted octanol–water partition coefficient (Wildman–Crippen LogP) is -0.452. The van der Waals surface area contributed by atoms with Crippen LogP contribution in [0.2, 0.25) is 0 Å². The maximum atomic E-state index is 11.5. The van der Waals surface area contributed by atoms with E-state index in [9.17, 15) is 9.90 Å². The molecule has 16 heavy (non-hydrogen) atoms. The minimum absolute atomic E-state index is 0.0539. The molecule has 0 atom stereocenters. The van der Waals surface area contributed by atoms with Crippen LogP contribution in [0.15, 0.2) is 0 Å². The van der Waals surface area contributed by atoms with Gasteiger partial charge in [0.25, 0.3) is 0 Å². The second-order valence-electron chi connectivity index (χ2n) is 4.80. The maximum Gasteiger partial charge on any atom is 0.236 e. The van der Waals surface area contributed by atoms with Gasteiger partial charge in [0.1, 0.15) is 0 Å². The molecule has 5 heteroatoms. The van der Waals surface area contributed by atoms with Crippen LogP contribution in [0.5, 0.6) is 0 Å². The Bertz CT molecular complexity index is 237. The lowest BCUT2D eigenvalue weighted by Gasteiger charge is -2.35. The van der Waals surface area contributed by atoms with Gasteiger partial charge in [-0.2, -0.15) is 0 Å². The molecule has 1 saturated heterocycles. The summed E-state index contributed by atoms with van der Waals surface area (Å²) >= 11 is 0. The summed E-state index contributed by atoms with van der Waals surface area (Å²) in [6.45, 7) is 2.07. The highest BCUT2D eigenvalue weighted by molar-refractivity contribution is 5.77. The molecule has 5 nitrogen and oxygen atoms in total. The smallest absolute Gasteiger partial charge is 0.236 e. The van der Waals surface area contributed by atoms with Crippen molar-refractivity contribution in [3.63, 3.8) is 0 Å². The van der Waals surface area contributed by atoms with Gasteiger partial charge in [0.05, 0.1) is 12.1 Å². The van der Waals surface area contributed by atoms with E-state index in [4.69, 9.17) is 4.74 Å². The summed E-state index contributed by atoms with van der Waals surface area (Å²) < 4.78 is 5.21. The van der Waals surface area contributed by atoms with Crippen molar-refractivity contribution >= 4 is 5.91 Å². The molecule has 0 saturated carbocycles. The highest BCUT2D eigenvalue weighted by atomic mass is 16.5. The molecule has 0 radical (unpaired) electrons. The molecular formula is C11H22N2O3. The van der Waals surface area contributed by atoms with Crippen LogP contribution in [0.1, 0.15) is 12.8 Å². The van der Waals surface area contributed by atoms with E-state index in [1.54, 1.807) is 19.0 Å². The van der Waals surface area contributed by atoms with E-state index in [2.05, 4.69) is 0 Å². The van der Waals surface area contributed by atoms with E-state index >= 15 is 0 Å². The SMILES string of the molecule is CN(CC(=O)N(C)C)CC1(O)CCOCC1. The summed E-state index contributed by atoms with van der Waals surface area (Å²) in [6, 6.07) is 0. The van der Waals surface area contributed by atoms with Gasteiger partial charge in [-0.3, -0.25) is 9.69 Å². The number of rotatable bonds is 4. The average molecular weight is 230 g/mol. The molecule has 0 bridgehead atoms. The number of hydrogen-bond donors (Lipinski definition) is 1. The van der Waals surface area contributed by atoms with Gasteiger partial charge in [0.2, 0.25) is 5.91 Å². The quantitative estimate of drug-likeness (QED) is 0.710. The zero-order valence-electron chi connectivity index (χ0n) is 10.4. The van der Waals surface area contributed by atoms with Crippen molar-refractivity contribution in [3.05, 3.63) is 0 Å². The fourth-order valence-corrected chi connectivity index (χ4v) is 1.84. The Morgan fingerprint density at radius 3 is 2.38 bits per heavy atom. The minimum atomic E-state index is -0.695. The third kappa shape index (κ3) is 4.08. The largest absolute Gasteiger partial charge is 0.388 e. The standard InChI is InChI=1S/C11H22N2O3/c1-12(2)10(14)8-13(3)9-11(15)4-6-16-7-5-11/h15H,4-9H2,1-3H3. The fourth-order valence-electron chi connectivity index (χ4n) is 1.84. The highest BCUT2D eigenvalue weighted by Crippen LogP contribution is 2.21. The lowest BCUT2D eigenvalue weighted by atomic mass is 9.94. The summed E-state index contributed by atoms with van der Waals surface area (Å²) in [5.74, 6) is 0.0539. The van der Waals surface area contributed by atoms with Crippen LogP contribution in [0, 0.1) is 0 Å². The molecule has 1 amide bonds. The van der Waals surface area contributed by atoms with E-state index in [1.807, 2.05) is 11.9 Å². The first-order valence-electron chi connectivity index (χ1n) is 5.62. The minimum Gasteiger partial charge on any atom is -0.388 e. The number of aliphatic hydroxyl groups is 1. The van der Waals surface area contributed by atoms with Crippen molar-refractivity contribution in [2.24, 2.45) is 0 Å². The molecule has 94 valence electrons. The second kappa shape index (κ2) is 5.61. The van der Waals surface area contributed by atoms with E-state index in [0.29, 0.717) is 39.1 Å². The van der Waals surface area contributed by atoms with Gasteiger partial charge >= 0.3 is 0 Å². The third-order valence-electron chi connectivity index (χ3n) is 2.89. The monoisotopic (exact) mass is 230 g/mol. The van der Waals surface area contributed by atoms with Gasteiger partial charge in [-0.25, -0.2) is 0 Å². The number of nitrogens with zero attached hydrogens (tertiary/aromatic N) is 2. The molecule has 1 fully saturated rings. The zero-order valence-corrected chi connectivity index (χ0v) is 10.4. The van der Waals surface area contributed by atoms with Gasteiger partial charge in [0.15, 0.2) is 0 Å². The normalized spacial score (nSPS) is 19.8. The zero-order chi connectivity index (χ0) is 12.2. The number of ether oxygens (including phenoxy) is 1. The topological polar surface area (TPSA) is 53.0 Å². The van der Waals surface area contributed by atoms with Crippen LogP contribution in [-0.2, 0) is 9.53 Å². The molecule has 0 aromatic heterocycles. The van der Waals surface area contributed by atoms with Crippen LogP contribution in [-0.4, -0.2) is 73.9 Å². The summed E-state index contributed by atoms with van der Waals surface area (Å²) in [5, 5.41) is 10.2. The predicted molar refractivity (Wildman–Crippen MR) is 61.2 cm³/mol. The Kier molecular flexibility index (Phi) is 4.70. The summed E-state index contributed by atoms with van der Waals surface area (Å²) in [5.41, 5.74) is -0.695. The summed E-state index contributed by atoms with van der Waals surface area (Å²) in [7, 11) is 5.33. The van der Waals surface area contributed by atoms with Gasteiger partial charge in [-0.15, -0.1) is 0 Å². The van der Waals surface area contributed by atoms with Gasteiger partial charge in [-0.05, 0) is 7.05 Å². The Morgan fingerprint density at radius 2 is 1.88 bits per heavy atom. The second-order valence-corrected chi connectivity index (χ2v) is 4.80. The first-order chi connectivity index (χ1) is 7.43. The van der Waals surface area contributed by atoms with E-state index in [1.165, 1.54) is 0 Å². The van der Waals surface area contributed by atoms with Crippen molar-refractivity contribution in [1.29, 1.82) is 0 Å². The van der Waals surface area contributed by atoms with Crippen molar-refractivity contribution in [3.8, 4) is 0 Å². The van der Waals surface area contributed by atoms with Crippen LogP contribution in [0.3, 0.4) is 0 Å². The lowest BCUT2D eigenvalue weighted by molar-refractivity contribution is -0.131. The van der Waals surface area contributed by atoms with Crippen LogP contribution >= 0.6 is 0 Å². The molecule has 0 spiro atoms.